The summed E-state index contributed by atoms with van der Waals surface area (Å²) in [5, 5.41) is 11.9. The monoisotopic (exact) mass is 301 g/mol. The largest absolute Gasteiger partial charge is 0.368 e. The molecular formula is C17H27N5. The highest BCUT2D eigenvalue weighted by atomic mass is 15.2. The number of nitrogens with one attached hydrogen (secondary N) is 1. The Morgan fingerprint density at radius 1 is 1.36 bits per heavy atom. The van der Waals surface area contributed by atoms with Gasteiger partial charge in [-0.3, -0.25) is 0 Å². The van der Waals surface area contributed by atoms with Crippen LogP contribution in [-0.2, 0) is 0 Å². The van der Waals surface area contributed by atoms with Crippen molar-refractivity contribution in [3.8, 4) is 0 Å². The van der Waals surface area contributed by atoms with Crippen LogP contribution >= 0.6 is 0 Å². The van der Waals surface area contributed by atoms with Crippen molar-refractivity contribution in [1.29, 1.82) is 0 Å². The van der Waals surface area contributed by atoms with Gasteiger partial charge >= 0.3 is 0 Å². The van der Waals surface area contributed by atoms with Gasteiger partial charge in [0.05, 0.1) is 11.9 Å². The molecule has 1 aliphatic heterocycles. The zero-order chi connectivity index (χ0) is 15.3. The highest BCUT2D eigenvalue weighted by Crippen LogP contribution is 2.61. The van der Waals surface area contributed by atoms with Gasteiger partial charge in [-0.25, -0.2) is 0 Å². The normalized spacial score (nSPS) is 33.0. The molecule has 0 unspecified atom stereocenters. The number of nitrogens with two attached hydrogens (primary N) is 1. The van der Waals surface area contributed by atoms with Crippen molar-refractivity contribution in [2.24, 2.45) is 28.9 Å². The molecule has 5 heteroatoms. The van der Waals surface area contributed by atoms with E-state index in [0.29, 0.717) is 11.5 Å². The van der Waals surface area contributed by atoms with E-state index in [1.807, 2.05) is 6.20 Å². The topological polar surface area (TPSA) is 67.1 Å². The molecule has 5 nitrogen and oxygen atoms in total. The van der Waals surface area contributed by atoms with E-state index in [9.17, 15) is 0 Å². The van der Waals surface area contributed by atoms with Crippen LogP contribution < -0.4 is 16.0 Å². The van der Waals surface area contributed by atoms with Crippen LogP contribution in [0.4, 0.5) is 11.5 Å². The Labute approximate surface area is 132 Å². The molecule has 2 heterocycles. The summed E-state index contributed by atoms with van der Waals surface area (Å²) in [7, 11) is 0. The van der Waals surface area contributed by atoms with Crippen LogP contribution in [0, 0.1) is 23.2 Å². The Balaban J connectivity index is 1.37. The molecule has 3 saturated carbocycles. The summed E-state index contributed by atoms with van der Waals surface area (Å²) >= 11 is 0. The molecule has 1 aromatic rings. The first-order valence-corrected chi connectivity index (χ1v) is 8.61. The van der Waals surface area contributed by atoms with Crippen LogP contribution in [0.5, 0.6) is 0 Å². The van der Waals surface area contributed by atoms with Crippen molar-refractivity contribution in [3.63, 3.8) is 0 Å². The van der Waals surface area contributed by atoms with Crippen LogP contribution in [0.1, 0.15) is 33.1 Å². The molecule has 22 heavy (non-hydrogen) atoms. The maximum absolute atomic E-state index is 5.85. The minimum atomic E-state index is 0.306. The van der Waals surface area contributed by atoms with Crippen LogP contribution in [0.3, 0.4) is 0 Å². The molecule has 3 aliphatic carbocycles. The van der Waals surface area contributed by atoms with Gasteiger partial charge in [0.25, 0.3) is 0 Å². The van der Waals surface area contributed by atoms with Crippen molar-refractivity contribution in [2.45, 2.75) is 39.2 Å². The summed E-state index contributed by atoms with van der Waals surface area (Å²) in [5.41, 5.74) is 7.53. The molecule has 0 spiro atoms. The minimum absolute atomic E-state index is 0.306. The molecule has 0 amide bonds. The SMILES string of the molecule is CC1(C)[C@H]2CC[C@H](CNc3cc(N4CC(N)C4)cnn3)[C@H]1C2. The number of anilines is 2. The lowest BCUT2D eigenvalue weighted by molar-refractivity contribution is -0.100. The van der Waals surface area contributed by atoms with Gasteiger partial charge < -0.3 is 16.0 Å². The molecule has 5 rings (SSSR count). The second-order valence-corrected chi connectivity index (χ2v) is 8.04. The van der Waals surface area contributed by atoms with Crippen molar-refractivity contribution in [3.05, 3.63) is 12.3 Å². The van der Waals surface area contributed by atoms with Crippen molar-refractivity contribution in [1.82, 2.24) is 10.2 Å². The lowest BCUT2D eigenvalue weighted by Gasteiger charge is -2.60. The first kappa shape index (κ1) is 14.2. The van der Waals surface area contributed by atoms with E-state index >= 15 is 0 Å². The molecule has 120 valence electrons. The van der Waals surface area contributed by atoms with Gasteiger partial charge in [-0.15, -0.1) is 5.10 Å². The number of fused-ring (bicyclic) bond motifs is 2. The maximum Gasteiger partial charge on any atom is 0.150 e. The third-order valence-electron chi connectivity index (χ3n) is 6.46. The Kier molecular flexibility index (Phi) is 3.29. The predicted octanol–water partition coefficient (Wildman–Crippen LogP) is 2.11. The van der Waals surface area contributed by atoms with E-state index in [2.05, 4.69) is 40.3 Å². The number of hydrogen-bond acceptors (Lipinski definition) is 5. The second-order valence-electron chi connectivity index (χ2n) is 8.04. The van der Waals surface area contributed by atoms with E-state index in [0.717, 1.165) is 48.9 Å². The summed E-state index contributed by atoms with van der Waals surface area (Å²) in [4.78, 5) is 2.25. The quantitative estimate of drug-likeness (QED) is 0.891. The fourth-order valence-corrected chi connectivity index (χ4v) is 4.78. The molecule has 0 aromatic carbocycles. The lowest BCUT2D eigenvalue weighted by Crippen LogP contribution is -2.55. The van der Waals surface area contributed by atoms with Gasteiger partial charge in [0.15, 0.2) is 5.82 Å². The molecule has 4 aliphatic rings. The Morgan fingerprint density at radius 2 is 2.18 bits per heavy atom. The third kappa shape index (κ3) is 2.26. The van der Waals surface area contributed by atoms with Crippen molar-refractivity contribution >= 4 is 11.5 Å². The fraction of sp³-hybridized carbons (Fsp3) is 0.765. The Morgan fingerprint density at radius 3 is 2.86 bits per heavy atom. The minimum Gasteiger partial charge on any atom is -0.368 e. The molecule has 1 saturated heterocycles. The van der Waals surface area contributed by atoms with Gasteiger partial charge in [0.1, 0.15) is 0 Å². The predicted molar refractivity (Wildman–Crippen MR) is 88.8 cm³/mol. The Hall–Kier alpha value is -1.36. The first-order valence-electron chi connectivity index (χ1n) is 8.61. The van der Waals surface area contributed by atoms with Crippen LogP contribution in [0.15, 0.2) is 12.3 Å². The highest BCUT2D eigenvalue weighted by Gasteiger charge is 2.53. The molecule has 3 atom stereocenters. The van der Waals surface area contributed by atoms with Gasteiger partial charge in [-0.1, -0.05) is 13.8 Å². The lowest BCUT2D eigenvalue weighted by atomic mass is 9.45. The molecule has 0 radical (unpaired) electrons. The third-order valence-corrected chi connectivity index (χ3v) is 6.46. The standard InChI is InChI=1S/C17H27N5/c1-17(2)12-4-3-11(15(17)5-12)7-19-16-6-14(8-20-21-16)22-9-13(18)10-22/h6,8,11-13,15H,3-5,7,9-10,18H2,1-2H3,(H,19,21)/t11-,12+,15-/m1/s1. The second kappa shape index (κ2) is 5.08. The smallest absolute Gasteiger partial charge is 0.150 e. The van der Waals surface area contributed by atoms with E-state index < -0.39 is 0 Å². The molecule has 4 fully saturated rings. The maximum atomic E-state index is 5.85. The fourth-order valence-electron chi connectivity index (χ4n) is 4.78. The summed E-state index contributed by atoms with van der Waals surface area (Å²) in [6.07, 6.45) is 6.02. The van der Waals surface area contributed by atoms with Crippen LogP contribution in [0.2, 0.25) is 0 Å². The summed E-state index contributed by atoms with van der Waals surface area (Å²) in [6.45, 7) is 7.77. The van der Waals surface area contributed by atoms with Gasteiger partial charge in [-0.2, -0.15) is 5.10 Å². The highest BCUT2D eigenvalue weighted by molar-refractivity contribution is 5.54. The molecule has 3 N–H and O–H groups in total. The number of rotatable bonds is 4. The zero-order valence-corrected chi connectivity index (χ0v) is 13.6. The first-order chi connectivity index (χ1) is 10.5. The zero-order valence-electron chi connectivity index (χ0n) is 13.6. The van der Waals surface area contributed by atoms with E-state index in [1.165, 1.54) is 19.3 Å². The summed E-state index contributed by atoms with van der Waals surface area (Å²) in [5.74, 6) is 3.52. The number of nitrogens with zero attached hydrogens (tertiary/aromatic N) is 3. The van der Waals surface area contributed by atoms with Crippen LogP contribution in [-0.4, -0.2) is 35.9 Å². The van der Waals surface area contributed by atoms with Gasteiger partial charge in [0.2, 0.25) is 0 Å². The van der Waals surface area contributed by atoms with Crippen molar-refractivity contribution in [2.75, 3.05) is 29.9 Å². The van der Waals surface area contributed by atoms with E-state index in [-0.39, 0.29) is 0 Å². The van der Waals surface area contributed by atoms with E-state index in [4.69, 9.17) is 5.73 Å². The molecule has 1 aromatic heterocycles. The average molecular weight is 301 g/mol. The number of aromatic nitrogens is 2. The average Bonchev–Trinajstić information content (AvgIpc) is 2.50. The van der Waals surface area contributed by atoms with Gasteiger partial charge in [-0.05, 0) is 42.4 Å². The molecule has 2 bridgehead atoms. The summed E-state index contributed by atoms with van der Waals surface area (Å²) in [6, 6.07) is 2.41. The number of hydrogen-bond donors (Lipinski definition) is 2. The Bertz CT molecular complexity index is 550. The van der Waals surface area contributed by atoms with Crippen molar-refractivity contribution < 1.29 is 0 Å². The van der Waals surface area contributed by atoms with Gasteiger partial charge in [0, 0.05) is 31.7 Å². The van der Waals surface area contributed by atoms with E-state index in [1.54, 1.807) is 0 Å². The van der Waals surface area contributed by atoms with Crippen LogP contribution in [0.25, 0.3) is 0 Å². The molecular weight excluding hydrogens is 274 g/mol. The summed E-state index contributed by atoms with van der Waals surface area (Å²) < 4.78 is 0.